The van der Waals surface area contributed by atoms with Gasteiger partial charge in [-0.15, -0.1) is 11.3 Å². The van der Waals surface area contributed by atoms with Gasteiger partial charge in [-0.25, -0.2) is 14.8 Å². The van der Waals surface area contributed by atoms with Gasteiger partial charge in [-0.1, -0.05) is 23.4 Å². The number of anilines is 2. The van der Waals surface area contributed by atoms with E-state index in [0.717, 1.165) is 28.9 Å². The fraction of sp³-hybridized carbons (Fsp3) is 0.316. The minimum absolute atomic E-state index is 0.403. The van der Waals surface area contributed by atoms with Crippen molar-refractivity contribution in [2.45, 2.75) is 30.8 Å². The number of nitrogens with zero attached hydrogens (tertiary/aromatic N) is 2. The average Bonchev–Trinajstić information content (AvgIpc) is 3.07. The number of carbonyl (C=O) groups is 1. The minimum atomic E-state index is -0.403. The van der Waals surface area contributed by atoms with Gasteiger partial charge >= 0.3 is 5.97 Å². The Bertz CT molecular complexity index is 1040. The van der Waals surface area contributed by atoms with Crippen LogP contribution in [0, 0.1) is 0 Å². The third-order valence-corrected chi connectivity index (χ3v) is 6.68. The molecule has 0 saturated heterocycles. The van der Waals surface area contributed by atoms with Crippen molar-refractivity contribution in [2.24, 2.45) is 0 Å². The molecule has 1 aliphatic rings. The van der Waals surface area contributed by atoms with Gasteiger partial charge in [-0.2, -0.15) is 0 Å². The lowest BCUT2D eigenvalue weighted by atomic mass is 9.97. The molecule has 2 aromatic heterocycles. The first kappa shape index (κ1) is 18.5. The van der Waals surface area contributed by atoms with Crippen molar-refractivity contribution in [1.29, 1.82) is 0 Å². The number of rotatable bonds is 4. The topological polar surface area (TPSA) is 64.1 Å². The predicted octanol–water partition coefficient (Wildman–Crippen LogP) is 5.48. The Morgan fingerprint density at radius 2 is 2.11 bits per heavy atom. The number of thiophene rings is 1. The number of hydrogen-bond acceptors (Lipinski definition) is 7. The van der Waals surface area contributed by atoms with E-state index in [-0.39, 0.29) is 0 Å². The number of hydrogen-bond donors (Lipinski definition) is 1. The smallest absolute Gasteiger partial charge is 0.337 e. The van der Waals surface area contributed by atoms with Crippen LogP contribution < -0.4 is 5.32 Å². The number of aromatic nitrogens is 2. The quantitative estimate of drug-likeness (QED) is 0.343. The lowest BCUT2D eigenvalue weighted by molar-refractivity contribution is 0.0601. The van der Waals surface area contributed by atoms with E-state index in [1.807, 2.05) is 6.26 Å². The number of aryl methyl sites for hydroxylation is 2. The summed E-state index contributed by atoms with van der Waals surface area (Å²) < 4.78 is 4.81. The molecular formula is C19H18ClN3O2S2. The summed E-state index contributed by atoms with van der Waals surface area (Å²) in [6.07, 6.45) is 6.51. The van der Waals surface area contributed by atoms with Crippen LogP contribution in [0.25, 0.3) is 10.2 Å². The summed E-state index contributed by atoms with van der Waals surface area (Å²) in [4.78, 5) is 23.7. The van der Waals surface area contributed by atoms with E-state index in [0.29, 0.717) is 21.4 Å². The molecule has 0 saturated carbocycles. The first-order valence-electron chi connectivity index (χ1n) is 8.62. The monoisotopic (exact) mass is 419 g/mol. The number of methoxy groups -OCH3 is 1. The Hall–Kier alpha value is -1.83. The molecule has 2 heterocycles. The molecule has 0 radical (unpaired) electrons. The van der Waals surface area contributed by atoms with Crippen molar-refractivity contribution in [2.75, 3.05) is 18.7 Å². The van der Waals surface area contributed by atoms with Crippen LogP contribution in [0.15, 0.2) is 23.4 Å². The number of ether oxygens (including phenoxy) is 1. The number of carbonyl (C=O) groups excluding carboxylic acids is 1. The van der Waals surface area contributed by atoms with Crippen LogP contribution in [-0.4, -0.2) is 29.3 Å². The number of benzene rings is 1. The molecule has 8 heteroatoms. The minimum Gasteiger partial charge on any atom is -0.465 e. The summed E-state index contributed by atoms with van der Waals surface area (Å²) >= 11 is 9.64. The highest BCUT2D eigenvalue weighted by molar-refractivity contribution is 7.98. The fourth-order valence-corrected chi connectivity index (χ4v) is 5.16. The maximum absolute atomic E-state index is 11.9. The molecule has 1 aromatic carbocycles. The summed E-state index contributed by atoms with van der Waals surface area (Å²) in [6.45, 7) is 0. The zero-order valence-electron chi connectivity index (χ0n) is 15.0. The van der Waals surface area contributed by atoms with Crippen molar-refractivity contribution in [1.82, 2.24) is 9.97 Å². The van der Waals surface area contributed by atoms with Crippen LogP contribution in [0.5, 0.6) is 0 Å². The Morgan fingerprint density at radius 1 is 1.30 bits per heavy atom. The number of fused-ring (bicyclic) bond motifs is 3. The van der Waals surface area contributed by atoms with E-state index < -0.39 is 5.97 Å². The maximum Gasteiger partial charge on any atom is 0.337 e. The Balaban J connectivity index is 1.84. The van der Waals surface area contributed by atoms with Crippen molar-refractivity contribution in [3.63, 3.8) is 0 Å². The van der Waals surface area contributed by atoms with Gasteiger partial charge in [0.05, 0.1) is 28.8 Å². The maximum atomic E-state index is 11.9. The second kappa shape index (κ2) is 7.66. The van der Waals surface area contributed by atoms with Gasteiger partial charge in [0.2, 0.25) is 0 Å². The van der Waals surface area contributed by atoms with Gasteiger partial charge in [-0.3, -0.25) is 0 Å². The van der Waals surface area contributed by atoms with Crippen LogP contribution in [0.2, 0.25) is 5.02 Å². The van der Waals surface area contributed by atoms with E-state index in [1.165, 1.54) is 42.2 Å². The third kappa shape index (κ3) is 3.51. The predicted molar refractivity (Wildman–Crippen MR) is 112 cm³/mol. The highest BCUT2D eigenvalue weighted by Crippen LogP contribution is 2.40. The molecular weight excluding hydrogens is 402 g/mol. The normalized spacial score (nSPS) is 13.4. The fourth-order valence-electron chi connectivity index (χ4n) is 3.31. The average molecular weight is 420 g/mol. The molecule has 0 amide bonds. The van der Waals surface area contributed by atoms with Gasteiger partial charge in [0.25, 0.3) is 0 Å². The van der Waals surface area contributed by atoms with E-state index >= 15 is 0 Å². The first-order chi connectivity index (χ1) is 13.1. The molecule has 0 spiro atoms. The van der Waals surface area contributed by atoms with Crippen LogP contribution >= 0.6 is 34.7 Å². The molecule has 3 aromatic rings. The summed E-state index contributed by atoms with van der Waals surface area (Å²) in [5, 5.41) is 5.65. The summed E-state index contributed by atoms with van der Waals surface area (Å²) in [5.41, 5.74) is 2.41. The van der Waals surface area contributed by atoms with Gasteiger partial charge in [0.1, 0.15) is 10.6 Å². The second-order valence-corrected chi connectivity index (χ2v) is 8.53. The molecule has 0 atom stereocenters. The van der Waals surface area contributed by atoms with Crippen LogP contribution in [-0.2, 0) is 17.6 Å². The van der Waals surface area contributed by atoms with Gasteiger partial charge < -0.3 is 10.1 Å². The Morgan fingerprint density at radius 3 is 2.89 bits per heavy atom. The highest BCUT2D eigenvalue weighted by Gasteiger charge is 2.22. The summed E-state index contributed by atoms with van der Waals surface area (Å²) in [6, 6.07) is 5.03. The van der Waals surface area contributed by atoms with Crippen molar-refractivity contribution >= 4 is 62.4 Å². The zero-order valence-corrected chi connectivity index (χ0v) is 17.4. The lowest BCUT2D eigenvalue weighted by Crippen LogP contribution is -2.04. The van der Waals surface area contributed by atoms with Gasteiger partial charge in [-0.05, 0) is 55.7 Å². The van der Waals surface area contributed by atoms with Crippen molar-refractivity contribution < 1.29 is 9.53 Å². The second-order valence-electron chi connectivity index (χ2n) is 6.26. The van der Waals surface area contributed by atoms with Crippen molar-refractivity contribution in [3.8, 4) is 0 Å². The van der Waals surface area contributed by atoms with Crippen LogP contribution in [0.1, 0.15) is 33.6 Å². The van der Waals surface area contributed by atoms with Crippen LogP contribution in [0.4, 0.5) is 11.5 Å². The molecule has 0 fully saturated rings. The lowest BCUT2D eigenvalue weighted by Gasteiger charge is -2.14. The highest BCUT2D eigenvalue weighted by atomic mass is 35.5. The van der Waals surface area contributed by atoms with E-state index in [4.69, 9.17) is 26.3 Å². The standard InChI is InChI=1S/C19H18ClN3O2S2/c1-25-18(24)10-7-8-12(20)13(9-10)21-16-15-11-5-3-4-6-14(11)27-17(15)23-19(22-16)26-2/h7-9H,3-6H2,1-2H3,(H,21,22,23). The molecule has 0 aliphatic heterocycles. The SMILES string of the molecule is COC(=O)c1ccc(Cl)c(Nc2nc(SC)nc3sc4c(c23)CCCC4)c1. The van der Waals surface area contributed by atoms with Gasteiger partial charge in [0.15, 0.2) is 5.16 Å². The number of nitrogens with one attached hydrogen (secondary N) is 1. The molecule has 140 valence electrons. The first-order valence-corrected chi connectivity index (χ1v) is 11.0. The number of halogens is 1. The van der Waals surface area contributed by atoms with E-state index in [9.17, 15) is 4.79 Å². The number of esters is 1. The molecule has 0 unspecified atom stereocenters. The van der Waals surface area contributed by atoms with Crippen molar-refractivity contribution in [3.05, 3.63) is 39.2 Å². The molecule has 27 heavy (non-hydrogen) atoms. The summed E-state index contributed by atoms with van der Waals surface area (Å²) in [7, 11) is 1.36. The van der Waals surface area contributed by atoms with Gasteiger partial charge in [0, 0.05) is 4.88 Å². The van der Waals surface area contributed by atoms with E-state index in [2.05, 4.69) is 5.32 Å². The Kier molecular flexibility index (Phi) is 5.25. The van der Waals surface area contributed by atoms with E-state index in [1.54, 1.807) is 29.5 Å². The number of thioether (sulfide) groups is 1. The molecule has 4 rings (SSSR count). The molecule has 5 nitrogen and oxygen atoms in total. The summed E-state index contributed by atoms with van der Waals surface area (Å²) in [5.74, 6) is 0.341. The molecule has 1 aliphatic carbocycles. The molecule has 0 bridgehead atoms. The third-order valence-electron chi connectivity index (χ3n) is 4.62. The van der Waals surface area contributed by atoms with Crippen LogP contribution in [0.3, 0.4) is 0 Å². The Labute approximate surface area is 170 Å². The zero-order chi connectivity index (χ0) is 19.0. The molecule has 1 N–H and O–H groups in total. The largest absolute Gasteiger partial charge is 0.465 e.